The van der Waals surface area contributed by atoms with Crippen LogP contribution < -0.4 is 10.2 Å². The minimum Gasteiger partial charge on any atom is -0.369 e. The summed E-state index contributed by atoms with van der Waals surface area (Å²) in [4.78, 5) is 15.8. The van der Waals surface area contributed by atoms with Gasteiger partial charge in [0.2, 0.25) is 5.91 Å². The summed E-state index contributed by atoms with van der Waals surface area (Å²) in [5.41, 5.74) is 2.56. The second kappa shape index (κ2) is 9.94. The van der Waals surface area contributed by atoms with Gasteiger partial charge in [0.05, 0.1) is 11.6 Å². The average molecular weight is 446 g/mol. The van der Waals surface area contributed by atoms with E-state index in [1.807, 2.05) is 4.90 Å². The van der Waals surface area contributed by atoms with Gasteiger partial charge in [-0.3, -0.25) is 9.69 Å². The first kappa shape index (κ1) is 22.6. The van der Waals surface area contributed by atoms with Crippen molar-refractivity contribution in [1.29, 1.82) is 0 Å². The molecule has 2 saturated heterocycles. The number of hydrogen-bond acceptors (Lipinski definition) is 3. The quantitative estimate of drug-likeness (QED) is 0.622. The molecule has 2 aromatic rings. The molecule has 0 bridgehead atoms. The van der Waals surface area contributed by atoms with E-state index in [0.717, 1.165) is 64.5 Å². The van der Waals surface area contributed by atoms with Crippen LogP contribution in [0, 0.1) is 0 Å². The van der Waals surface area contributed by atoms with Gasteiger partial charge in [0.15, 0.2) is 0 Å². The van der Waals surface area contributed by atoms with Crippen LogP contribution in [0.2, 0.25) is 0 Å². The monoisotopic (exact) mass is 445 g/mol. The highest BCUT2D eigenvalue weighted by atomic mass is 19.4. The second-order valence-corrected chi connectivity index (χ2v) is 8.73. The predicted molar refractivity (Wildman–Crippen MR) is 120 cm³/mol. The summed E-state index contributed by atoms with van der Waals surface area (Å²) in [6.07, 6.45) is 0.420. The molecule has 2 aliphatic heterocycles. The molecule has 0 radical (unpaired) electrons. The van der Waals surface area contributed by atoms with Gasteiger partial charge in [-0.05, 0) is 61.6 Å². The number of amides is 1. The zero-order valence-electron chi connectivity index (χ0n) is 18.2. The Labute approximate surface area is 187 Å². The second-order valence-electron chi connectivity index (χ2n) is 8.73. The molecule has 1 amide bonds. The molecule has 0 spiro atoms. The summed E-state index contributed by atoms with van der Waals surface area (Å²) < 4.78 is 38.9. The van der Waals surface area contributed by atoms with E-state index >= 15 is 0 Å². The summed E-state index contributed by atoms with van der Waals surface area (Å²) in [7, 11) is 0. The van der Waals surface area contributed by atoms with E-state index in [4.69, 9.17) is 0 Å². The molecule has 2 aromatic carbocycles. The average Bonchev–Trinajstić information content (AvgIpc) is 3.23. The van der Waals surface area contributed by atoms with Crippen molar-refractivity contribution < 1.29 is 18.0 Å². The molecule has 7 heteroatoms. The Morgan fingerprint density at radius 3 is 2.38 bits per heavy atom. The number of nitrogens with zero attached hydrogens (tertiary/aromatic N) is 2. The number of unbranched alkanes of at least 4 members (excludes halogenated alkanes) is 1. The lowest BCUT2D eigenvalue weighted by molar-refractivity contribution is -0.137. The predicted octanol–water partition coefficient (Wildman–Crippen LogP) is 4.80. The first-order valence-electron chi connectivity index (χ1n) is 11.4. The van der Waals surface area contributed by atoms with E-state index in [1.165, 1.54) is 23.3 Å². The third kappa shape index (κ3) is 5.82. The van der Waals surface area contributed by atoms with Crippen LogP contribution in [0.15, 0.2) is 48.5 Å². The van der Waals surface area contributed by atoms with Gasteiger partial charge in [0.25, 0.3) is 0 Å². The Kier molecular flexibility index (Phi) is 7.04. The lowest BCUT2D eigenvalue weighted by atomic mass is 10.0. The van der Waals surface area contributed by atoms with Crippen LogP contribution in [0.3, 0.4) is 0 Å². The van der Waals surface area contributed by atoms with Crippen molar-refractivity contribution >= 4 is 11.6 Å². The summed E-state index contributed by atoms with van der Waals surface area (Å²) in [6, 6.07) is 14.4. The molecule has 4 nitrogen and oxygen atoms in total. The first-order valence-corrected chi connectivity index (χ1v) is 11.4. The van der Waals surface area contributed by atoms with Crippen molar-refractivity contribution in [3.63, 3.8) is 0 Å². The van der Waals surface area contributed by atoms with Crippen molar-refractivity contribution in [3.8, 4) is 0 Å². The highest BCUT2D eigenvalue weighted by Gasteiger charge is 2.31. The normalized spacial score (nSPS) is 19.9. The van der Waals surface area contributed by atoms with Crippen LogP contribution in [0.5, 0.6) is 0 Å². The number of nitrogens with one attached hydrogen (secondary N) is 1. The van der Waals surface area contributed by atoms with E-state index < -0.39 is 11.7 Å². The van der Waals surface area contributed by atoms with Gasteiger partial charge in [-0.15, -0.1) is 0 Å². The maximum absolute atomic E-state index is 13.0. The number of rotatable bonds is 7. The molecule has 172 valence electrons. The van der Waals surface area contributed by atoms with Gasteiger partial charge in [-0.2, -0.15) is 13.2 Å². The highest BCUT2D eigenvalue weighted by molar-refractivity contribution is 5.78. The number of benzene rings is 2. The molecule has 4 rings (SSSR count). The van der Waals surface area contributed by atoms with Gasteiger partial charge >= 0.3 is 6.18 Å². The molecule has 0 aliphatic carbocycles. The smallest absolute Gasteiger partial charge is 0.369 e. The number of carbonyl (C=O) groups excluding carboxylic acids is 1. The summed E-state index contributed by atoms with van der Waals surface area (Å²) in [5.74, 6) is 0.134. The maximum Gasteiger partial charge on any atom is 0.416 e. The molecule has 1 atom stereocenters. The molecule has 1 unspecified atom stereocenters. The molecule has 0 aromatic heterocycles. The van der Waals surface area contributed by atoms with Crippen molar-refractivity contribution in [1.82, 2.24) is 10.2 Å². The standard InChI is InChI=1S/C25H30F3N3O/c26-25(27,28)21-5-3-6-22(18-21)31-16-14-30(15-17-31)13-2-1-4-19-7-9-20(10-8-19)23-11-12-24(32)29-23/h3,5-10,18,23H,1-2,4,11-17H2,(H,29,32). The minimum atomic E-state index is -4.30. The Morgan fingerprint density at radius 2 is 1.72 bits per heavy atom. The third-order valence-corrected chi connectivity index (χ3v) is 6.48. The lowest BCUT2D eigenvalue weighted by Gasteiger charge is -2.36. The summed E-state index contributed by atoms with van der Waals surface area (Å²) in [6.45, 7) is 4.26. The fourth-order valence-corrected chi connectivity index (χ4v) is 4.55. The number of piperazine rings is 1. The van der Waals surface area contributed by atoms with E-state index in [0.29, 0.717) is 12.1 Å². The third-order valence-electron chi connectivity index (χ3n) is 6.48. The SMILES string of the molecule is O=C1CCC(c2ccc(CCCCN3CCN(c4cccc(C(F)(F)F)c4)CC3)cc2)N1. The van der Waals surface area contributed by atoms with Crippen molar-refractivity contribution in [3.05, 3.63) is 65.2 Å². The van der Waals surface area contributed by atoms with Crippen LogP contribution in [-0.2, 0) is 17.4 Å². The number of hydrogen-bond donors (Lipinski definition) is 1. The Morgan fingerprint density at radius 1 is 0.969 bits per heavy atom. The highest BCUT2D eigenvalue weighted by Crippen LogP contribution is 2.32. The fourth-order valence-electron chi connectivity index (χ4n) is 4.55. The molecule has 1 N–H and O–H groups in total. The van der Waals surface area contributed by atoms with E-state index in [2.05, 4.69) is 34.5 Å². The molecular weight excluding hydrogens is 415 g/mol. The zero-order chi connectivity index (χ0) is 22.6. The summed E-state index contributed by atoms with van der Waals surface area (Å²) in [5, 5.41) is 3.00. The summed E-state index contributed by atoms with van der Waals surface area (Å²) >= 11 is 0. The molecule has 0 saturated carbocycles. The van der Waals surface area contributed by atoms with Gasteiger partial charge in [0.1, 0.15) is 0 Å². The van der Waals surface area contributed by atoms with Crippen molar-refractivity contribution in [2.45, 2.75) is 44.3 Å². The van der Waals surface area contributed by atoms with E-state index in [9.17, 15) is 18.0 Å². The lowest BCUT2D eigenvalue weighted by Crippen LogP contribution is -2.46. The Bertz CT molecular complexity index is 905. The number of halogens is 3. The molecular formula is C25H30F3N3O. The van der Waals surface area contributed by atoms with Gasteiger partial charge in [-0.1, -0.05) is 30.3 Å². The number of anilines is 1. The van der Waals surface area contributed by atoms with Crippen LogP contribution in [0.4, 0.5) is 18.9 Å². The largest absolute Gasteiger partial charge is 0.416 e. The number of alkyl halides is 3. The van der Waals surface area contributed by atoms with Crippen molar-refractivity contribution in [2.75, 3.05) is 37.6 Å². The topological polar surface area (TPSA) is 35.6 Å². The van der Waals surface area contributed by atoms with Gasteiger partial charge in [0, 0.05) is 38.3 Å². The number of aryl methyl sites for hydroxylation is 1. The van der Waals surface area contributed by atoms with E-state index in [-0.39, 0.29) is 11.9 Å². The van der Waals surface area contributed by atoms with Gasteiger partial charge < -0.3 is 10.2 Å². The molecule has 2 fully saturated rings. The first-order chi connectivity index (χ1) is 15.4. The Hall–Kier alpha value is -2.54. The molecule has 32 heavy (non-hydrogen) atoms. The number of carbonyl (C=O) groups is 1. The van der Waals surface area contributed by atoms with Crippen LogP contribution in [0.1, 0.15) is 48.4 Å². The van der Waals surface area contributed by atoms with Crippen LogP contribution in [-0.4, -0.2) is 43.5 Å². The molecule has 2 aliphatic rings. The fraction of sp³-hybridized carbons (Fsp3) is 0.480. The molecule has 2 heterocycles. The zero-order valence-corrected chi connectivity index (χ0v) is 18.2. The maximum atomic E-state index is 13.0. The van der Waals surface area contributed by atoms with E-state index in [1.54, 1.807) is 6.07 Å². The van der Waals surface area contributed by atoms with Crippen molar-refractivity contribution in [2.24, 2.45) is 0 Å². The minimum absolute atomic E-state index is 0.134. The van der Waals surface area contributed by atoms with Crippen LogP contribution >= 0.6 is 0 Å². The van der Waals surface area contributed by atoms with Gasteiger partial charge in [-0.25, -0.2) is 0 Å². The Balaban J connectivity index is 1.16. The van der Waals surface area contributed by atoms with Crippen LogP contribution in [0.25, 0.3) is 0 Å².